The minimum atomic E-state index is -0.406. The molecule has 0 aliphatic carbocycles. The maximum atomic E-state index is 12.2. The normalized spacial score (nSPS) is 15.5. The summed E-state index contributed by atoms with van der Waals surface area (Å²) in [6.45, 7) is 1.85. The molecular weight excluding hydrogens is 296 g/mol. The highest BCUT2D eigenvalue weighted by Crippen LogP contribution is 2.19. The van der Waals surface area contributed by atoms with Crippen molar-refractivity contribution >= 4 is 16.9 Å². The van der Waals surface area contributed by atoms with Crippen molar-refractivity contribution in [2.75, 3.05) is 26.7 Å². The predicted molar refractivity (Wildman–Crippen MR) is 86.6 cm³/mol. The number of likely N-dealkylation sites (N-methyl/N-ethyl adjacent to an activating group) is 1. The van der Waals surface area contributed by atoms with Crippen molar-refractivity contribution in [3.8, 4) is 5.75 Å². The molecule has 0 radical (unpaired) electrons. The van der Waals surface area contributed by atoms with Crippen LogP contribution in [-0.4, -0.2) is 43.6 Å². The highest BCUT2D eigenvalue weighted by molar-refractivity contribution is 5.79. The summed E-state index contributed by atoms with van der Waals surface area (Å²) in [6, 6.07) is 8.53. The zero-order valence-corrected chi connectivity index (χ0v) is 13.1. The zero-order valence-electron chi connectivity index (χ0n) is 13.1. The number of carbonyl (C=O) groups is 1. The van der Waals surface area contributed by atoms with Crippen LogP contribution in [0.15, 0.2) is 39.5 Å². The van der Waals surface area contributed by atoms with Crippen LogP contribution in [0.3, 0.4) is 0 Å². The van der Waals surface area contributed by atoms with E-state index >= 15 is 0 Å². The first kappa shape index (κ1) is 15.6. The number of rotatable bonds is 4. The average Bonchev–Trinajstić information content (AvgIpc) is 2.59. The van der Waals surface area contributed by atoms with Crippen molar-refractivity contribution in [2.45, 2.75) is 18.9 Å². The molecule has 23 heavy (non-hydrogen) atoms. The van der Waals surface area contributed by atoms with Crippen LogP contribution in [0.1, 0.15) is 12.8 Å². The molecule has 1 amide bonds. The van der Waals surface area contributed by atoms with Crippen molar-refractivity contribution < 1.29 is 13.9 Å². The Morgan fingerprint density at radius 3 is 2.83 bits per heavy atom. The van der Waals surface area contributed by atoms with Crippen LogP contribution in [0.4, 0.5) is 0 Å². The van der Waals surface area contributed by atoms with E-state index in [0.29, 0.717) is 11.3 Å². The van der Waals surface area contributed by atoms with E-state index in [9.17, 15) is 9.59 Å². The lowest BCUT2D eigenvalue weighted by Crippen LogP contribution is -2.45. The van der Waals surface area contributed by atoms with Crippen LogP contribution in [0.2, 0.25) is 0 Å². The Balaban J connectivity index is 1.63. The Morgan fingerprint density at radius 2 is 2.04 bits per heavy atom. The summed E-state index contributed by atoms with van der Waals surface area (Å²) >= 11 is 0. The first-order valence-electron chi connectivity index (χ1n) is 7.76. The summed E-state index contributed by atoms with van der Waals surface area (Å²) in [5.41, 5.74) is 0.0468. The second-order valence-electron chi connectivity index (χ2n) is 5.73. The average molecular weight is 316 g/mol. The number of nitrogens with zero attached hydrogens (tertiary/aromatic N) is 1. The Morgan fingerprint density at radius 1 is 1.30 bits per heavy atom. The molecule has 3 rings (SSSR count). The molecule has 122 valence electrons. The van der Waals surface area contributed by atoms with Gasteiger partial charge in [-0.05, 0) is 44.1 Å². The quantitative estimate of drug-likeness (QED) is 0.863. The third-order valence-corrected chi connectivity index (χ3v) is 4.21. The largest absolute Gasteiger partial charge is 0.484 e. The van der Waals surface area contributed by atoms with Crippen LogP contribution in [0.25, 0.3) is 11.0 Å². The number of fused-ring (bicyclic) bond motifs is 1. The Kier molecular flexibility index (Phi) is 4.62. The number of hydrogen-bond donors (Lipinski definition) is 1. The molecule has 1 N–H and O–H groups in total. The smallest absolute Gasteiger partial charge is 0.336 e. The number of amides is 1. The zero-order chi connectivity index (χ0) is 16.2. The van der Waals surface area contributed by atoms with Gasteiger partial charge in [0.2, 0.25) is 0 Å². The van der Waals surface area contributed by atoms with Crippen molar-refractivity contribution in [1.82, 2.24) is 10.2 Å². The maximum Gasteiger partial charge on any atom is 0.336 e. The summed E-state index contributed by atoms with van der Waals surface area (Å²) in [7, 11) is 1.82. The van der Waals surface area contributed by atoms with E-state index in [4.69, 9.17) is 9.15 Å². The molecular formula is C17H20N2O4. The third kappa shape index (κ3) is 3.71. The molecule has 1 fully saturated rings. The number of nitrogens with one attached hydrogen (secondary N) is 1. The number of piperidine rings is 1. The molecule has 2 heterocycles. The fourth-order valence-corrected chi connectivity index (χ4v) is 2.78. The van der Waals surface area contributed by atoms with E-state index in [2.05, 4.69) is 5.32 Å². The maximum absolute atomic E-state index is 12.2. The molecule has 0 unspecified atom stereocenters. The van der Waals surface area contributed by atoms with Gasteiger partial charge in [0.15, 0.2) is 6.61 Å². The van der Waals surface area contributed by atoms with Gasteiger partial charge >= 0.3 is 5.63 Å². The SMILES string of the molecule is CN(C(=O)COc1ccc2ccc(=O)oc2c1)C1CCNCC1. The molecule has 2 aromatic rings. The fourth-order valence-electron chi connectivity index (χ4n) is 2.78. The van der Waals surface area contributed by atoms with E-state index in [1.165, 1.54) is 6.07 Å². The lowest BCUT2D eigenvalue weighted by atomic mass is 10.1. The van der Waals surface area contributed by atoms with Crippen molar-refractivity contribution in [3.63, 3.8) is 0 Å². The molecule has 0 saturated carbocycles. The van der Waals surface area contributed by atoms with Crippen LogP contribution in [-0.2, 0) is 4.79 Å². The van der Waals surface area contributed by atoms with Gasteiger partial charge in [0.05, 0.1) is 0 Å². The second kappa shape index (κ2) is 6.83. The van der Waals surface area contributed by atoms with E-state index in [1.54, 1.807) is 29.2 Å². The number of carbonyl (C=O) groups excluding carboxylic acids is 1. The van der Waals surface area contributed by atoms with E-state index < -0.39 is 5.63 Å². The molecule has 6 heteroatoms. The standard InChI is InChI=1S/C17H20N2O4/c1-19(13-6-8-18-9-7-13)16(20)11-22-14-4-2-12-3-5-17(21)23-15(12)10-14/h2-5,10,13,18H,6-9,11H2,1H3. The molecule has 1 aliphatic heterocycles. The lowest BCUT2D eigenvalue weighted by Gasteiger charge is -2.31. The van der Waals surface area contributed by atoms with Gasteiger partial charge in [0, 0.05) is 30.6 Å². The molecule has 1 aromatic carbocycles. The Labute approximate surface area is 134 Å². The molecule has 0 spiro atoms. The minimum Gasteiger partial charge on any atom is -0.484 e. The van der Waals surface area contributed by atoms with Crippen molar-refractivity contribution in [1.29, 1.82) is 0 Å². The second-order valence-corrected chi connectivity index (χ2v) is 5.73. The van der Waals surface area contributed by atoms with Gasteiger partial charge in [-0.1, -0.05) is 0 Å². The van der Waals surface area contributed by atoms with Crippen LogP contribution < -0.4 is 15.7 Å². The highest BCUT2D eigenvalue weighted by atomic mass is 16.5. The highest BCUT2D eigenvalue weighted by Gasteiger charge is 2.22. The topological polar surface area (TPSA) is 71.8 Å². The summed E-state index contributed by atoms with van der Waals surface area (Å²) in [6.07, 6.45) is 1.92. The van der Waals surface area contributed by atoms with Gasteiger partial charge in [-0.3, -0.25) is 4.79 Å². The molecule has 1 aliphatic rings. The minimum absolute atomic E-state index is 0.0248. The fraction of sp³-hybridized carbons (Fsp3) is 0.412. The van der Waals surface area contributed by atoms with Crippen molar-refractivity contribution in [2.24, 2.45) is 0 Å². The van der Waals surface area contributed by atoms with Crippen LogP contribution >= 0.6 is 0 Å². The van der Waals surface area contributed by atoms with Crippen LogP contribution in [0.5, 0.6) is 5.75 Å². The molecule has 6 nitrogen and oxygen atoms in total. The first-order valence-corrected chi connectivity index (χ1v) is 7.76. The summed E-state index contributed by atoms with van der Waals surface area (Å²) in [5, 5.41) is 4.10. The molecule has 1 aromatic heterocycles. The van der Waals surface area contributed by atoms with Gasteiger partial charge in [0.25, 0.3) is 5.91 Å². The van der Waals surface area contributed by atoms with Gasteiger partial charge in [0.1, 0.15) is 11.3 Å². The monoisotopic (exact) mass is 316 g/mol. The lowest BCUT2D eigenvalue weighted by molar-refractivity contribution is -0.134. The molecule has 0 bridgehead atoms. The van der Waals surface area contributed by atoms with E-state index in [0.717, 1.165) is 31.3 Å². The molecule has 1 saturated heterocycles. The third-order valence-electron chi connectivity index (χ3n) is 4.21. The Bertz CT molecular complexity index is 750. The van der Waals surface area contributed by atoms with E-state index in [1.807, 2.05) is 7.05 Å². The van der Waals surface area contributed by atoms with Gasteiger partial charge < -0.3 is 19.4 Å². The predicted octanol–water partition coefficient (Wildman–Crippen LogP) is 1.38. The summed E-state index contributed by atoms with van der Waals surface area (Å²) in [4.78, 5) is 25.3. The number of hydrogen-bond acceptors (Lipinski definition) is 5. The van der Waals surface area contributed by atoms with Crippen molar-refractivity contribution in [3.05, 3.63) is 40.8 Å². The Hall–Kier alpha value is -2.34. The summed E-state index contributed by atoms with van der Waals surface area (Å²) < 4.78 is 10.7. The first-order chi connectivity index (χ1) is 11.1. The number of ether oxygens (including phenoxy) is 1. The van der Waals surface area contributed by atoms with Gasteiger partial charge in [-0.2, -0.15) is 0 Å². The van der Waals surface area contributed by atoms with Crippen LogP contribution in [0, 0.1) is 0 Å². The van der Waals surface area contributed by atoms with Gasteiger partial charge in [-0.15, -0.1) is 0 Å². The summed E-state index contributed by atoms with van der Waals surface area (Å²) in [5.74, 6) is 0.463. The molecule has 0 atom stereocenters. The van der Waals surface area contributed by atoms with E-state index in [-0.39, 0.29) is 18.6 Å². The number of benzene rings is 1. The van der Waals surface area contributed by atoms with Gasteiger partial charge in [-0.25, -0.2) is 4.79 Å².